The van der Waals surface area contributed by atoms with Gasteiger partial charge >= 0.3 is 0 Å². The topological polar surface area (TPSA) is 39.2 Å². The van der Waals surface area contributed by atoms with Gasteiger partial charge in [0.15, 0.2) is 16.3 Å². The van der Waals surface area contributed by atoms with Crippen molar-refractivity contribution < 1.29 is 9.47 Å². The zero-order chi connectivity index (χ0) is 14.4. The smallest absolute Gasteiger partial charge is 0.182 e. The molecule has 0 aliphatic carbocycles. The van der Waals surface area contributed by atoms with Crippen LogP contribution in [0.15, 0.2) is 36.4 Å². The van der Waals surface area contributed by atoms with Crippen molar-refractivity contribution in [1.82, 2.24) is 9.55 Å². The van der Waals surface area contributed by atoms with E-state index in [2.05, 4.69) is 18.0 Å². The number of nitrogens with one attached hydrogen (secondary N) is 1. The number of H-pyrrole nitrogens is 1. The van der Waals surface area contributed by atoms with Crippen LogP contribution in [0.1, 0.15) is 5.56 Å². The molecule has 0 atom stereocenters. The number of aryl methyl sites for hydroxylation is 1. The number of aromatic nitrogens is 2. The molecule has 0 radical (unpaired) electrons. The normalized spacial score (nSPS) is 13.6. The molecular formula is C16H14N2O2S. The van der Waals surface area contributed by atoms with Crippen molar-refractivity contribution in [3.63, 3.8) is 0 Å². The molecule has 0 spiro atoms. The monoisotopic (exact) mass is 298 g/mol. The van der Waals surface area contributed by atoms with Crippen LogP contribution in [-0.4, -0.2) is 22.8 Å². The zero-order valence-electron chi connectivity index (χ0n) is 11.6. The minimum atomic E-state index is 0.578. The summed E-state index contributed by atoms with van der Waals surface area (Å²) in [6.07, 6.45) is 0. The number of hydrogen-bond donors (Lipinski definition) is 1. The maximum absolute atomic E-state index is 5.66. The average molecular weight is 298 g/mol. The number of fused-ring (bicyclic) bond motifs is 2. The standard InChI is InChI=1S/C16H14N2O2S/c1-10-3-2-4-12-15(10)18(16(21)17-12)11-5-6-13-14(9-11)20-8-7-19-13/h2-6,9H,7-8H2,1H3,(H,17,21). The molecule has 1 aromatic heterocycles. The Hall–Kier alpha value is -2.27. The first kappa shape index (κ1) is 12.5. The van der Waals surface area contributed by atoms with Gasteiger partial charge in [-0.3, -0.25) is 4.57 Å². The molecular weight excluding hydrogens is 284 g/mol. The van der Waals surface area contributed by atoms with Crippen molar-refractivity contribution in [2.45, 2.75) is 6.92 Å². The molecule has 4 rings (SSSR count). The summed E-state index contributed by atoms with van der Waals surface area (Å²) in [5.74, 6) is 1.55. The van der Waals surface area contributed by atoms with Gasteiger partial charge < -0.3 is 14.5 Å². The van der Waals surface area contributed by atoms with Crippen LogP contribution in [0.25, 0.3) is 16.7 Å². The fourth-order valence-electron chi connectivity index (χ4n) is 2.75. The van der Waals surface area contributed by atoms with E-state index < -0.39 is 0 Å². The Morgan fingerprint density at radius 1 is 1.10 bits per heavy atom. The van der Waals surface area contributed by atoms with Crippen molar-refractivity contribution in [1.29, 1.82) is 0 Å². The van der Waals surface area contributed by atoms with Crippen LogP contribution in [0.2, 0.25) is 0 Å². The van der Waals surface area contributed by atoms with Gasteiger partial charge in [0.1, 0.15) is 13.2 Å². The molecule has 0 unspecified atom stereocenters. The number of benzene rings is 2. The Bertz CT molecular complexity index is 895. The molecule has 106 valence electrons. The third-order valence-corrected chi connectivity index (χ3v) is 3.97. The van der Waals surface area contributed by atoms with Crippen molar-refractivity contribution in [2.24, 2.45) is 0 Å². The molecule has 21 heavy (non-hydrogen) atoms. The largest absolute Gasteiger partial charge is 0.486 e. The molecule has 5 heteroatoms. The summed E-state index contributed by atoms with van der Waals surface area (Å²) in [5, 5.41) is 0. The highest BCUT2D eigenvalue weighted by molar-refractivity contribution is 7.71. The van der Waals surface area contributed by atoms with Gasteiger partial charge in [-0.25, -0.2) is 0 Å². The lowest BCUT2D eigenvalue weighted by molar-refractivity contribution is 0.171. The Labute approximate surface area is 126 Å². The van der Waals surface area contributed by atoms with E-state index >= 15 is 0 Å². The highest BCUT2D eigenvalue weighted by atomic mass is 32.1. The zero-order valence-corrected chi connectivity index (χ0v) is 12.4. The van der Waals surface area contributed by atoms with Gasteiger partial charge in [0, 0.05) is 6.07 Å². The number of rotatable bonds is 1. The van der Waals surface area contributed by atoms with Gasteiger partial charge in [0.05, 0.1) is 16.7 Å². The van der Waals surface area contributed by atoms with Gasteiger partial charge in [0.25, 0.3) is 0 Å². The molecule has 1 N–H and O–H groups in total. The van der Waals surface area contributed by atoms with Crippen LogP contribution >= 0.6 is 12.2 Å². The average Bonchev–Trinajstić information content (AvgIpc) is 2.84. The number of ether oxygens (including phenoxy) is 2. The van der Waals surface area contributed by atoms with E-state index in [-0.39, 0.29) is 0 Å². The van der Waals surface area contributed by atoms with Crippen molar-refractivity contribution in [3.8, 4) is 17.2 Å². The first-order valence-electron chi connectivity index (χ1n) is 6.84. The number of para-hydroxylation sites is 1. The molecule has 0 saturated carbocycles. The van der Waals surface area contributed by atoms with Crippen LogP contribution < -0.4 is 9.47 Å². The first-order chi connectivity index (χ1) is 10.2. The van der Waals surface area contributed by atoms with Gasteiger partial charge in [-0.05, 0) is 42.9 Å². The Kier molecular flexibility index (Phi) is 2.75. The quantitative estimate of drug-likeness (QED) is 0.695. The molecule has 0 saturated heterocycles. The van der Waals surface area contributed by atoms with Gasteiger partial charge in [0.2, 0.25) is 0 Å². The Morgan fingerprint density at radius 3 is 2.76 bits per heavy atom. The van der Waals surface area contributed by atoms with E-state index in [1.54, 1.807) is 0 Å². The summed E-state index contributed by atoms with van der Waals surface area (Å²) in [4.78, 5) is 3.25. The van der Waals surface area contributed by atoms with Crippen molar-refractivity contribution in [2.75, 3.05) is 13.2 Å². The van der Waals surface area contributed by atoms with E-state index in [0.29, 0.717) is 18.0 Å². The van der Waals surface area contributed by atoms with Crippen LogP contribution in [0.5, 0.6) is 11.5 Å². The third kappa shape index (κ3) is 1.93. The summed E-state index contributed by atoms with van der Waals surface area (Å²) in [6.45, 7) is 3.26. The van der Waals surface area contributed by atoms with Gasteiger partial charge in [-0.2, -0.15) is 0 Å². The van der Waals surface area contributed by atoms with Crippen molar-refractivity contribution >= 4 is 23.3 Å². The van der Waals surface area contributed by atoms with Gasteiger partial charge in [-0.1, -0.05) is 12.1 Å². The second-order valence-corrected chi connectivity index (χ2v) is 5.45. The maximum Gasteiger partial charge on any atom is 0.182 e. The van der Waals surface area contributed by atoms with Gasteiger partial charge in [-0.15, -0.1) is 0 Å². The first-order valence-corrected chi connectivity index (χ1v) is 7.25. The molecule has 1 aliphatic heterocycles. The number of imidazole rings is 1. The molecule has 2 aromatic carbocycles. The molecule has 4 nitrogen and oxygen atoms in total. The van der Waals surface area contributed by atoms with E-state index in [0.717, 1.165) is 28.2 Å². The third-order valence-electron chi connectivity index (χ3n) is 3.69. The van der Waals surface area contributed by atoms with Crippen LogP contribution in [0.4, 0.5) is 0 Å². The minimum absolute atomic E-state index is 0.578. The molecule has 1 aliphatic rings. The molecule has 3 aromatic rings. The second-order valence-electron chi connectivity index (χ2n) is 5.06. The Balaban J connectivity index is 1.98. The summed E-state index contributed by atoms with van der Waals surface area (Å²) in [5.41, 5.74) is 4.29. The van der Waals surface area contributed by atoms with Crippen LogP contribution in [0.3, 0.4) is 0 Å². The van der Waals surface area contributed by atoms with Crippen LogP contribution in [0, 0.1) is 11.7 Å². The number of aromatic amines is 1. The fraction of sp³-hybridized carbons (Fsp3) is 0.188. The van der Waals surface area contributed by atoms with E-state index in [1.807, 2.05) is 34.9 Å². The highest BCUT2D eigenvalue weighted by Gasteiger charge is 2.14. The Morgan fingerprint density at radius 2 is 1.90 bits per heavy atom. The fourth-order valence-corrected chi connectivity index (χ4v) is 3.05. The summed E-state index contributed by atoms with van der Waals surface area (Å²) >= 11 is 5.48. The maximum atomic E-state index is 5.66. The van der Waals surface area contributed by atoms with E-state index in [4.69, 9.17) is 21.7 Å². The van der Waals surface area contributed by atoms with Crippen LogP contribution in [-0.2, 0) is 0 Å². The molecule has 0 fully saturated rings. The lowest BCUT2D eigenvalue weighted by Gasteiger charge is -2.19. The lowest BCUT2D eigenvalue weighted by atomic mass is 10.2. The summed E-state index contributed by atoms with van der Waals surface area (Å²) in [7, 11) is 0. The minimum Gasteiger partial charge on any atom is -0.486 e. The SMILES string of the molecule is Cc1cccc2[nH]c(=S)n(-c3ccc4c(c3)OCCO4)c12. The predicted octanol–water partition coefficient (Wildman–Crippen LogP) is 3.77. The number of hydrogen-bond acceptors (Lipinski definition) is 3. The molecule has 0 amide bonds. The predicted molar refractivity (Wildman–Crippen MR) is 84.2 cm³/mol. The summed E-state index contributed by atoms with van der Waals surface area (Å²) in [6, 6.07) is 12.1. The van der Waals surface area contributed by atoms with E-state index in [1.165, 1.54) is 5.56 Å². The lowest BCUT2D eigenvalue weighted by Crippen LogP contribution is -2.15. The summed E-state index contributed by atoms with van der Waals surface area (Å²) < 4.78 is 13.9. The van der Waals surface area contributed by atoms with Crippen molar-refractivity contribution in [3.05, 3.63) is 46.7 Å². The molecule has 0 bridgehead atoms. The second kappa shape index (κ2) is 4.63. The van der Waals surface area contributed by atoms with E-state index in [9.17, 15) is 0 Å². The molecule has 2 heterocycles. The number of nitrogens with zero attached hydrogens (tertiary/aromatic N) is 1. The highest BCUT2D eigenvalue weighted by Crippen LogP contribution is 2.33.